The first kappa shape index (κ1) is 25.3. The molecule has 0 amide bonds. The van der Waals surface area contributed by atoms with Gasteiger partial charge in [0.15, 0.2) is 0 Å². The van der Waals surface area contributed by atoms with E-state index >= 15 is 0 Å². The van der Waals surface area contributed by atoms with Crippen LogP contribution in [0, 0.1) is 13.5 Å². The second kappa shape index (κ2) is 10.9. The number of hydrogen-bond acceptors (Lipinski definition) is 3. The zero-order chi connectivity index (χ0) is 19.6. The van der Waals surface area contributed by atoms with E-state index in [9.17, 15) is 0 Å². The molecule has 3 aromatic rings. The molecule has 0 fully saturated rings. The standard InChI is InChI=1S/C21H20Cl2N3O.Li.H2O/c1-5-15-9-10-16(11-14(15)4)27-12-19-20(13(2)3)24-25-26(19)21-17(22)7-6-8-18(21)23;;/h1,5-11,13H,12H2,2-4H3;;1H2/q-1;+1;. The molecule has 0 radical (unpaired) electrons. The minimum absolute atomic E-state index is 0. The number of benzene rings is 2. The van der Waals surface area contributed by atoms with Gasteiger partial charge in [-0.05, 0) is 30.2 Å². The molecule has 0 bridgehead atoms. The molecule has 2 aromatic carbocycles. The summed E-state index contributed by atoms with van der Waals surface area (Å²) in [6, 6.07) is 11.1. The van der Waals surface area contributed by atoms with E-state index in [1.165, 1.54) is 0 Å². The van der Waals surface area contributed by atoms with Crippen molar-refractivity contribution in [1.82, 2.24) is 15.0 Å². The van der Waals surface area contributed by atoms with Crippen LogP contribution in [0.2, 0.25) is 10.0 Å². The van der Waals surface area contributed by atoms with Crippen molar-refractivity contribution < 1.29 is 29.1 Å². The third-order valence-corrected chi connectivity index (χ3v) is 4.90. The van der Waals surface area contributed by atoms with Gasteiger partial charge in [0.2, 0.25) is 0 Å². The Morgan fingerprint density at radius 1 is 1.17 bits per heavy atom. The molecule has 2 N–H and O–H groups in total. The maximum absolute atomic E-state index is 6.37. The van der Waals surface area contributed by atoms with Gasteiger partial charge in [-0.15, -0.1) is 16.7 Å². The number of aromatic nitrogens is 3. The van der Waals surface area contributed by atoms with Crippen LogP contribution in [0.1, 0.15) is 42.3 Å². The third-order valence-electron chi connectivity index (χ3n) is 4.29. The van der Waals surface area contributed by atoms with E-state index in [0.29, 0.717) is 15.7 Å². The van der Waals surface area contributed by atoms with Gasteiger partial charge in [-0.3, -0.25) is 6.58 Å². The van der Waals surface area contributed by atoms with Crippen LogP contribution in [-0.4, -0.2) is 20.5 Å². The summed E-state index contributed by atoms with van der Waals surface area (Å²) < 4.78 is 7.68. The molecule has 29 heavy (non-hydrogen) atoms. The van der Waals surface area contributed by atoms with Gasteiger partial charge >= 0.3 is 18.9 Å². The molecular formula is C21H22Cl2LiN3O2. The van der Waals surface area contributed by atoms with Crippen LogP contribution in [0.5, 0.6) is 5.75 Å². The van der Waals surface area contributed by atoms with Crippen molar-refractivity contribution in [2.24, 2.45) is 0 Å². The Morgan fingerprint density at radius 2 is 1.83 bits per heavy atom. The summed E-state index contributed by atoms with van der Waals surface area (Å²) in [5.74, 6) is 0.917. The van der Waals surface area contributed by atoms with Crippen molar-refractivity contribution >= 4 is 29.3 Å². The third kappa shape index (κ3) is 5.45. The summed E-state index contributed by atoms with van der Waals surface area (Å²) in [6.45, 7) is 12.0. The van der Waals surface area contributed by atoms with E-state index in [-0.39, 0.29) is 36.9 Å². The number of ether oxygens (including phenoxy) is 1. The first-order valence-corrected chi connectivity index (χ1v) is 9.35. The van der Waals surface area contributed by atoms with E-state index < -0.39 is 0 Å². The van der Waals surface area contributed by atoms with Crippen LogP contribution < -0.4 is 23.6 Å². The van der Waals surface area contributed by atoms with Crippen LogP contribution in [-0.2, 0) is 6.61 Å². The summed E-state index contributed by atoms with van der Waals surface area (Å²) in [5, 5.41) is 9.61. The molecule has 5 nitrogen and oxygen atoms in total. The van der Waals surface area contributed by atoms with E-state index in [1.54, 1.807) is 29.0 Å². The molecule has 0 aliphatic rings. The maximum atomic E-state index is 6.37. The monoisotopic (exact) mass is 425 g/mol. The quantitative estimate of drug-likeness (QED) is 0.448. The van der Waals surface area contributed by atoms with Crippen LogP contribution in [0.3, 0.4) is 0 Å². The molecule has 3 rings (SSSR count). The molecular weight excluding hydrogens is 404 g/mol. The molecule has 148 valence electrons. The predicted octanol–water partition coefficient (Wildman–Crippen LogP) is 2.21. The van der Waals surface area contributed by atoms with Gasteiger partial charge in [0.25, 0.3) is 0 Å². The topological polar surface area (TPSA) is 71.4 Å². The molecule has 0 saturated carbocycles. The minimum atomic E-state index is 0. The summed E-state index contributed by atoms with van der Waals surface area (Å²) in [7, 11) is 0. The molecule has 0 saturated heterocycles. The largest absolute Gasteiger partial charge is 1.00 e. The van der Waals surface area contributed by atoms with Crippen LogP contribution in [0.15, 0.2) is 36.4 Å². The Bertz CT molecular complexity index is 970. The summed E-state index contributed by atoms with van der Waals surface area (Å²) in [4.78, 5) is 0. The fourth-order valence-electron chi connectivity index (χ4n) is 2.84. The van der Waals surface area contributed by atoms with Crippen molar-refractivity contribution in [1.29, 1.82) is 0 Å². The fourth-order valence-corrected chi connectivity index (χ4v) is 3.40. The van der Waals surface area contributed by atoms with E-state index in [1.807, 2.05) is 25.1 Å². The molecule has 0 aliphatic carbocycles. The Balaban J connectivity index is 0.00000210. The molecule has 0 unspecified atom stereocenters. The average molecular weight is 426 g/mol. The van der Waals surface area contributed by atoms with E-state index in [0.717, 1.165) is 28.3 Å². The first-order chi connectivity index (χ1) is 12.9. The number of aryl methyl sites for hydroxylation is 1. The van der Waals surface area contributed by atoms with Crippen LogP contribution in [0.4, 0.5) is 0 Å². The zero-order valence-electron chi connectivity index (χ0n) is 16.9. The number of hydrogen-bond donors (Lipinski definition) is 0. The van der Waals surface area contributed by atoms with Crippen molar-refractivity contribution in [3.05, 3.63) is 75.5 Å². The van der Waals surface area contributed by atoms with Crippen LogP contribution >= 0.6 is 23.2 Å². The molecule has 8 heteroatoms. The van der Waals surface area contributed by atoms with Gasteiger partial charge in [0, 0.05) is 0 Å². The Hall–Kier alpha value is -1.74. The molecule has 1 aromatic heterocycles. The van der Waals surface area contributed by atoms with E-state index in [2.05, 4.69) is 24.2 Å². The summed E-state index contributed by atoms with van der Waals surface area (Å²) in [5.41, 5.74) is 4.27. The number of rotatable bonds is 6. The second-order valence-corrected chi connectivity index (χ2v) is 7.35. The van der Waals surface area contributed by atoms with Gasteiger partial charge in [-0.2, -0.15) is 5.56 Å². The van der Waals surface area contributed by atoms with Crippen molar-refractivity contribution in [3.8, 4) is 11.4 Å². The van der Waals surface area contributed by atoms with Gasteiger partial charge in [-0.1, -0.05) is 55.3 Å². The van der Waals surface area contributed by atoms with Gasteiger partial charge in [-0.25, -0.2) is 10.8 Å². The maximum Gasteiger partial charge on any atom is 1.00 e. The van der Waals surface area contributed by atoms with Gasteiger partial charge < -0.3 is 10.2 Å². The average Bonchev–Trinajstić information content (AvgIpc) is 3.04. The van der Waals surface area contributed by atoms with Crippen LogP contribution in [0.25, 0.3) is 11.8 Å². The Morgan fingerprint density at radius 3 is 2.38 bits per heavy atom. The normalized spacial score (nSPS) is 10.3. The smallest absolute Gasteiger partial charge is 0.487 e. The summed E-state index contributed by atoms with van der Waals surface area (Å²) >= 11 is 12.7. The fraction of sp³-hybridized carbons (Fsp3) is 0.238. The van der Waals surface area contributed by atoms with Gasteiger partial charge in [0.1, 0.15) is 23.7 Å². The van der Waals surface area contributed by atoms with Crippen molar-refractivity contribution in [3.63, 3.8) is 0 Å². The zero-order valence-corrected chi connectivity index (χ0v) is 18.4. The molecule has 0 spiro atoms. The molecule has 0 atom stereocenters. The molecule has 1 heterocycles. The van der Waals surface area contributed by atoms with E-state index in [4.69, 9.17) is 34.5 Å². The Labute approximate surface area is 193 Å². The second-order valence-electron chi connectivity index (χ2n) is 6.53. The number of nitrogens with zero attached hydrogens (tertiary/aromatic N) is 3. The predicted molar refractivity (Wildman–Crippen MR) is 113 cm³/mol. The number of para-hydroxylation sites is 1. The summed E-state index contributed by atoms with van der Waals surface area (Å²) in [6.07, 6.45) is 1.58. The minimum Gasteiger partial charge on any atom is -0.487 e. The SMILES string of the molecule is O.[CH-]=Cc1ccc(OCc2c(C(C)C)nnn2-c2c(Cl)cccc2Cl)cc1C.[Li+]. The number of halogens is 2. The van der Waals surface area contributed by atoms with Crippen molar-refractivity contribution in [2.75, 3.05) is 0 Å². The Kier molecular flexibility index (Phi) is 9.48. The first-order valence-electron chi connectivity index (χ1n) is 8.59. The molecule has 0 aliphatic heterocycles. The van der Waals surface area contributed by atoms with Gasteiger partial charge in [0.05, 0.1) is 15.7 Å². The van der Waals surface area contributed by atoms with Crippen molar-refractivity contribution in [2.45, 2.75) is 33.3 Å².